The second kappa shape index (κ2) is 5.02. The summed E-state index contributed by atoms with van der Waals surface area (Å²) in [6, 6.07) is -0.0348. The molecule has 0 amide bonds. The number of hydrogen-bond acceptors (Lipinski definition) is 3. The van der Waals surface area contributed by atoms with Crippen LogP contribution in [-0.4, -0.2) is 32.8 Å². The van der Waals surface area contributed by atoms with Gasteiger partial charge in [-0.1, -0.05) is 20.8 Å². The Morgan fingerprint density at radius 2 is 1.75 bits per heavy atom. The Morgan fingerprint density at radius 3 is 2.19 bits per heavy atom. The average molecular weight is 248 g/mol. The molecule has 0 radical (unpaired) electrons. The molecule has 0 aliphatic carbocycles. The van der Waals surface area contributed by atoms with Crippen molar-refractivity contribution >= 4 is 10.0 Å². The van der Waals surface area contributed by atoms with E-state index in [9.17, 15) is 8.42 Å². The Labute approximate surface area is 99.2 Å². The van der Waals surface area contributed by atoms with Crippen LogP contribution in [0.4, 0.5) is 0 Å². The Morgan fingerprint density at radius 1 is 1.25 bits per heavy atom. The molecule has 16 heavy (non-hydrogen) atoms. The fourth-order valence-corrected chi connectivity index (χ4v) is 3.52. The summed E-state index contributed by atoms with van der Waals surface area (Å²) < 4.78 is 27.0. The fraction of sp³-hybridized carbons (Fsp3) is 1.00. The highest BCUT2D eigenvalue weighted by molar-refractivity contribution is 7.90. The van der Waals surface area contributed by atoms with Crippen molar-refractivity contribution in [2.24, 2.45) is 5.41 Å². The predicted octanol–water partition coefficient (Wildman–Crippen LogP) is 1.09. The molecule has 2 N–H and O–H groups in total. The maximum absolute atomic E-state index is 12.1. The zero-order chi connectivity index (χ0) is 12.4. The maximum Gasteiger partial charge on any atom is 0.214 e. The van der Waals surface area contributed by atoms with Gasteiger partial charge in [-0.25, -0.2) is 13.1 Å². The summed E-state index contributed by atoms with van der Waals surface area (Å²) in [5, 5.41) is 2.95. The van der Waals surface area contributed by atoms with Crippen LogP contribution in [0.1, 0.15) is 40.5 Å². The standard InChI is InChI=1S/C11H24N2O2S/c1-9(11(2,3)4)13-16(14,15)10-5-7-12-8-6-10/h9-10,12-13H,5-8H2,1-4H3. The van der Waals surface area contributed by atoms with Crippen LogP contribution in [0, 0.1) is 5.41 Å². The van der Waals surface area contributed by atoms with Gasteiger partial charge in [0.05, 0.1) is 5.25 Å². The van der Waals surface area contributed by atoms with Crippen molar-refractivity contribution in [3.05, 3.63) is 0 Å². The van der Waals surface area contributed by atoms with Crippen LogP contribution in [0.25, 0.3) is 0 Å². The summed E-state index contributed by atoms with van der Waals surface area (Å²) in [6.07, 6.45) is 1.43. The number of piperidine rings is 1. The lowest BCUT2D eigenvalue weighted by Gasteiger charge is -2.31. The van der Waals surface area contributed by atoms with E-state index in [1.807, 2.05) is 27.7 Å². The minimum atomic E-state index is -3.16. The van der Waals surface area contributed by atoms with Gasteiger partial charge < -0.3 is 5.32 Å². The normalized spacial score (nSPS) is 22.0. The van der Waals surface area contributed by atoms with E-state index in [2.05, 4.69) is 10.0 Å². The van der Waals surface area contributed by atoms with E-state index in [0.717, 1.165) is 13.1 Å². The third-order valence-corrected chi connectivity index (χ3v) is 5.40. The van der Waals surface area contributed by atoms with Crippen molar-refractivity contribution in [2.45, 2.75) is 51.8 Å². The molecule has 1 heterocycles. The van der Waals surface area contributed by atoms with Crippen LogP contribution in [0.3, 0.4) is 0 Å². The monoisotopic (exact) mass is 248 g/mol. The smallest absolute Gasteiger partial charge is 0.214 e. The summed E-state index contributed by atoms with van der Waals surface area (Å²) in [5.41, 5.74) is -0.0417. The van der Waals surface area contributed by atoms with Crippen molar-refractivity contribution in [2.75, 3.05) is 13.1 Å². The quantitative estimate of drug-likeness (QED) is 0.786. The summed E-state index contributed by atoms with van der Waals surface area (Å²) in [6.45, 7) is 9.66. The first-order valence-corrected chi connectivity index (χ1v) is 7.50. The SMILES string of the molecule is CC(NS(=O)(=O)C1CCNCC1)C(C)(C)C. The predicted molar refractivity (Wildman–Crippen MR) is 66.9 cm³/mol. The van der Waals surface area contributed by atoms with Crippen molar-refractivity contribution in [1.29, 1.82) is 0 Å². The molecule has 0 aromatic carbocycles. The highest BCUT2D eigenvalue weighted by Gasteiger charge is 2.31. The molecule has 0 aromatic heterocycles. The summed E-state index contributed by atoms with van der Waals surface area (Å²) in [5.74, 6) is 0. The first-order valence-electron chi connectivity index (χ1n) is 5.95. The second-order valence-corrected chi connectivity index (χ2v) is 7.69. The minimum absolute atomic E-state index is 0.0348. The maximum atomic E-state index is 12.1. The van der Waals surface area contributed by atoms with Gasteiger partial charge in [0, 0.05) is 6.04 Å². The van der Waals surface area contributed by atoms with Crippen molar-refractivity contribution < 1.29 is 8.42 Å². The highest BCUT2D eigenvalue weighted by atomic mass is 32.2. The molecule has 1 rings (SSSR count). The molecule has 1 saturated heterocycles. The molecular weight excluding hydrogens is 224 g/mol. The first kappa shape index (κ1) is 13.9. The zero-order valence-corrected chi connectivity index (χ0v) is 11.5. The van der Waals surface area contributed by atoms with E-state index in [4.69, 9.17) is 0 Å². The Bertz CT molecular complexity index is 313. The molecule has 5 heteroatoms. The van der Waals surface area contributed by atoms with Gasteiger partial charge in [0.15, 0.2) is 0 Å². The van der Waals surface area contributed by atoms with Crippen LogP contribution < -0.4 is 10.0 Å². The topological polar surface area (TPSA) is 58.2 Å². The molecule has 1 aliphatic rings. The van der Waals surface area contributed by atoms with Gasteiger partial charge in [0.25, 0.3) is 0 Å². The third-order valence-electron chi connectivity index (χ3n) is 3.37. The van der Waals surface area contributed by atoms with E-state index < -0.39 is 10.0 Å². The van der Waals surface area contributed by atoms with Crippen LogP contribution in [-0.2, 0) is 10.0 Å². The van der Waals surface area contributed by atoms with Gasteiger partial charge in [-0.2, -0.15) is 0 Å². The molecule has 0 bridgehead atoms. The molecule has 1 fully saturated rings. The molecule has 1 atom stereocenters. The number of hydrogen-bond donors (Lipinski definition) is 2. The van der Waals surface area contributed by atoms with E-state index in [-0.39, 0.29) is 16.7 Å². The molecule has 1 unspecified atom stereocenters. The van der Waals surface area contributed by atoms with E-state index in [0.29, 0.717) is 12.8 Å². The van der Waals surface area contributed by atoms with Gasteiger partial charge in [-0.15, -0.1) is 0 Å². The van der Waals surface area contributed by atoms with Crippen molar-refractivity contribution in [3.8, 4) is 0 Å². The largest absolute Gasteiger partial charge is 0.317 e. The van der Waals surface area contributed by atoms with E-state index in [1.165, 1.54) is 0 Å². The average Bonchev–Trinajstić information content (AvgIpc) is 2.17. The molecule has 4 nitrogen and oxygen atoms in total. The zero-order valence-electron chi connectivity index (χ0n) is 10.7. The van der Waals surface area contributed by atoms with Crippen LogP contribution in [0.5, 0.6) is 0 Å². The van der Waals surface area contributed by atoms with Gasteiger partial charge in [-0.3, -0.25) is 0 Å². The highest BCUT2D eigenvalue weighted by Crippen LogP contribution is 2.21. The Hall–Kier alpha value is -0.130. The third kappa shape index (κ3) is 3.71. The minimum Gasteiger partial charge on any atom is -0.317 e. The molecule has 0 aromatic rings. The Balaban J connectivity index is 2.64. The summed E-state index contributed by atoms with van der Waals surface area (Å²) >= 11 is 0. The molecule has 0 spiro atoms. The van der Waals surface area contributed by atoms with Crippen molar-refractivity contribution in [1.82, 2.24) is 10.0 Å². The lowest BCUT2D eigenvalue weighted by Crippen LogP contribution is -2.48. The summed E-state index contributed by atoms with van der Waals surface area (Å²) in [7, 11) is -3.16. The first-order chi connectivity index (χ1) is 7.23. The lowest BCUT2D eigenvalue weighted by atomic mass is 9.89. The molecular formula is C11H24N2O2S. The number of sulfonamides is 1. The van der Waals surface area contributed by atoms with Gasteiger partial charge in [0.2, 0.25) is 10.0 Å². The van der Waals surface area contributed by atoms with Crippen LogP contribution in [0.15, 0.2) is 0 Å². The number of rotatable bonds is 3. The second-order valence-electron chi connectivity index (χ2n) is 5.70. The van der Waals surface area contributed by atoms with Crippen LogP contribution in [0.2, 0.25) is 0 Å². The van der Waals surface area contributed by atoms with E-state index in [1.54, 1.807) is 0 Å². The fourth-order valence-electron chi connectivity index (χ4n) is 1.63. The van der Waals surface area contributed by atoms with Gasteiger partial charge in [0.1, 0.15) is 0 Å². The van der Waals surface area contributed by atoms with E-state index >= 15 is 0 Å². The Kier molecular flexibility index (Phi) is 4.37. The molecule has 0 saturated carbocycles. The molecule has 1 aliphatic heterocycles. The lowest BCUT2D eigenvalue weighted by molar-refractivity contribution is 0.315. The van der Waals surface area contributed by atoms with Gasteiger partial charge >= 0.3 is 0 Å². The van der Waals surface area contributed by atoms with Gasteiger partial charge in [-0.05, 0) is 38.3 Å². The number of nitrogens with one attached hydrogen (secondary N) is 2. The van der Waals surface area contributed by atoms with Crippen LogP contribution >= 0.6 is 0 Å². The summed E-state index contributed by atoms with van der Waals surface area (Å²) in [4.78, 5) is 0. The molecule has 96 valence electrons. The van der Waals surface area contributed by atoms with Crippen molar-refractivity contribution in [3.63, 3.8) is 0 Å².